The fraction of sp³-hybridized carbons (Fsp3) is 0.174. The molecule has 2 aromatic heterocycles. The minimum absolute atomic E-state index is 0.208. The van der Waals surface area contributed by atoms with E-state index < -0.39 is 0 Å². The van der Waals surface area contributed by atoms with Gasteiger partial charge >= 0.3 is 0 Å². The highest BCUT2D eigenvalue weighted by Crippen LogP contribution is 2.26. The summed E-state index contributed by atoms with van der Waals surface area (Å²) in [5.74, 6) is 0.805. The molecule has 0 bridgehead atoms. The summed E-state index contributed by atoms with van der Waals surface area (Å²) in [4.78, 5) is 17.3. The second-order valence-electron chi connectivity index (χ2n) is 7.25. The highest BCUT2D eigenvalue weighted by molar-refractivity contribution is 7.12. The number of thiophene rings is 1. The lowest BCUT2D eigenvalue weighted by molar-refractivity contribution is 0.102. The molecule has 4 rings (SSSR count). The first-order chi connectivity index (χ1) is 15.4. The van der Waals surface area contributed by atoms with Gasteiger partial charge in [0, 0.05) is 21.2 Å². The third-order valence-corrected chi connectivity index (χ3v) is 6.50. The molecule has 0 radical (unpaired) electrons. The number of anilines is 1. The van der Waals surface area contributed by atoms with Crippen LogP contribution >= 0.6 is 34.5 Å². The molecule has 0 aliphatic carbocycles. The van der Waals surface area contributed by atoms with Crippen LogP contribution in [0.2, 0.25) is 10.0 Å². The number of aryl methyl sites for hydroxylation is 2. The summed E-state index contributed by atoms with van der Waals surface area (Å²) in [6.07, 6.45) is 1.52. The van der Waals surface area contributed by atoms with Gasteiger partial charge in [-0.15, -0.1) is 16.4 Å². The standard InChI is InChI=1S/C23H20Cl2N4O2S/c1-14-5-3-6-15(2)21(14)31-11-16-9-20(32-12-16)22(30)27-23-26-13-29(28-23)10-17-18(24)7-4-8-19(17)25/h3-9,12-13H,10-11H2,1-2H3,(H,27,28,30). The van der Waals surface area contributed by atoms with Gasteiger partial charge in [0.1, 0.15) is 18.7 Å². The first kappa shape index (κ1) is 22.3. The van der Waals surface area contributed by atoms with E-state index in [1.807, 2.05) is 43.5 Å². The minimum Gasteiger partial charge on any atom is -0.488 e. The molecule has 0 atom stereocenters. The molecular weight excluding hydrogens is 467 g/mol. The third kappa shape index (κ3) is 5.12. The Morgan fingerprint density at radius 1 is 1.12 bits per heavy atom. The molecule has 0 fully saturated rings. The van der Waals surface area contributed by atoms with Gasteiger partial charge in [-0.2, -0.15) is 0 Å². The van der Waals surface area contributed by atoms with Crippen molar-refractivity contribution in [3.8, 4) is 5.75 Å². The molecule has 9 heteroatoms. The molecule has 0 unspecified atom stereocenters. The number of nitrogens with zero attached hydrogens (tertiary/aromatic N) is 3. The highest BCUT2D eigenvalue weighted by Gasteiger charge is 2.14. The Hall–Kier alpha value is -2.87. The predicted octanol–water partition coefficient (Wildman–Crippen LogP) is 6.14. The van der Waals surface area contributed by atoms with Crippen LogP contribution in [0.15, 0.2) is 54.2 Å². The van der Waals surface area contributed by atoms with E-state index >= 15 is 0 Å². The van der Waals surface area contributed by atoms with E-state index in [-0.39, 0.29) is 11.9 Å². The van der Waals surface area contributed by atoms with Gasteiger partial charge in [0.15, 0.2) is 0 Å². The molecule has 6 nitrogen and oxygen atoms in total. The number of aromatic nitrogens is 3. The first-order valence-corrected chi connectivity index (χ1v) is 11.4. The maximum absolute atomic E-state index is 12.6. The third-order valence-electron chi connectivity index (χ3n) is 4.81. The lowest BCUT2D eigenvalue weighted by Crippen LogP contribution is -2.12. The molecule has 0 saturated heterocycles. The Balaban J connectivity index is 1.37. The van der Waals surface area contributed by atoms with Gasteiger partial charge in [-0.05, 0) is 48.6 Å². The summed E-state index contributed by atoms with van der Waals surface area (Å²) in [5.41, 5.74) is 3.83. The van der Waals surface area contributed by atoms with Crippen LogP contribution < -0.4 is 10.1 Å². The van der Waals surface area contributed by atoms with Crippen LogP contribution in [0.1, 0.15) is 31.9 Å². The molecule has 32 heavy (non-hydrogen) atoms. The van der Waals surface area contributed by atoms with Crippen LogP contribution in [0.4, 0.5) is 5.95 Å². The zero-order chi connectivity index (χ0) is 22.7. The number of hydrogen-bond donors (Lipinski definition) is 1. The van der Waals surface area contributed by atoms with Gasteiger partial charge < -0.3 is 4.74 Å². The average molecular weight is 487 g/mol. The molecule has 164 valence electrons. The van der Waals surface area contributed by atoms with Crippen molar-refractivity contribution in [2.75, 3.05) is 5.32 Å². The first-order valence-electron chi connectivity index (χ1n) is 9.81. The van der Waals surface area contributed by atoms with Gasteiger partial charge in [0.25, 0.3) is 5.91 Å². The Morgan fingerprint density at radius 3 is 2.53 bits per heavy atom. The van der Waals surface area contributed by atoms with Crippen molar-refractivity contribution in [1.82, 2.24) is 14.8 Å². The van der Waals surface area contributed by atoms with E-state index in [0.29, 0.717) is 28.1 Å². The van der Waals surface area contributed by atoms with Crippen molar-refractivity contribution >= 4 is 46.4 Å². The lowest BCUT2D eigenvalue weighted by Gasteiger charge is -2.10. The summed E-state index contributed by atoms with van der Waals surface area (Å²) in [6.45, 7) is 4.77. The maximum Gasteiger partial charge on any atom is 0.268 e. The molecule has 0 aliphatic heterocycles. The molecule has 2 aromatic carbocycles. The van der Waals surface area contributed by atoms with E-state index in [9.17, 15) is 4.79 Å². The summed E-state index contributed by atoms with van der Waals surface area (Å²) < 4.78 is 7.54. The van der Waals surface area contributed by atoms with Gasteiger partial charge in [0.2, 0.25) is 5.95 Å². The van der Waals surface area contributed by atoms with E-state index in [4.69, 9.17) is 27.9 Å². The summed E-state index contributed by atoms with van der Waals surface area (Å²) in [5, 5.41) is 10.0. The number of para-hydroxylation sites is 1. The van der Waals surface area contributed by atoms with Crippen molar-refractivity contribution in [2.24, 2.45) is 0 Å². The molecule has 0 aliphatic rings. The van der Waals surface area contributed by atoms with Gasteiger partial charge in [0.05, 0.1) is 11.4 Å². The lowest BCUT2D eigenvalue weighted by atomic mass is 10.1. The van der Waals surface area contributed by atoms with Crippen molar-refractivity contribution in [1.29, 1.82) is 0 Å². The number of halogens is 2. The number of benzene rings is 2. The van der Waals surface area contributed by atoms with E-state index in [0.717, 1.165) is 28.0 Å². The van der Waals surface area contributed by atoms with Crippen LogP contribution in [0.3, 0.4) is 0 Å². The Bertz CT molecular complexity index is 1230. The van der Waals surface area contributed by atoms with E-state index in [1.54, 1.807) is 22.9 Å². The molecule has 1 N–H and O–H groups in total. The molecule has 0 spiro atoms. The fourth-order valence-corrected chi connectivity index (χ4v) is 4.50. The number of ether oxygens (including phenoxy) is 1. The highest BCUT2D eigenvalue weighted by atomic mass is 35.5. The molecule has 2 heterocycles. The topological polar surface area (TPSA) is 69.0 Å². The van der Waals surface area contributed by atoms with Crippen LogP contribution in [-0.4, -0.2) is 20.7 Å². The van der Waals surface area contributed by atoms with Gasteiger partial charge in [-0.1, -0.05) is 47.5 Å². The maximum atomic E-state index is 12.6. The molecule has 0 saturated carbocycles. The molecule has 4 aromatic rings. The SMILES string of the molecule is Cc1cccc(C)c1OCc1csc(C(=O)Nc2ncn(Cc3c(Cl)cccc3Cl)n2)c1. The quantitative estimate of drug-likeness (QED) is 0.340. The van der Waals surface area contributed by atoms with Gasteiger partial charge in [-0.25, -0.2) is 9.67 Å². The second kappa shape index (κ2) is 9.73. The Morgan fingerprint density at radius 2 is 1.81 bits per heavy atom. The predicted molar refractivity (Wildman–Crippen MR) is 128 cm³/mol. The van der Waals surface area contributed by atoms with Crippen LogP contribution in [-0.2, 0) is 13.2 Å². The van der Waals surface area contributed by atoms with Crippen molar-refractivity contribution in [3.05, 3.63) is 91.3 Å². The van der Waals surface area contributed by atoms with Crippen LogP contribution in [0, 0.1) is 13.8 Å². The Labute approximate surface area is 199 Å². The van der Waals surface area contributed by atoms with Crippen LogP contribution in [0.5, 0.6) is 5.75 Å². The number of carbonyl (C=O) groups is 1. The fourth-order valence-electron chi connectivity index (χ4n) is 3.19. The van der Waals surface area contributed by atoms with Gasteiger partial charge in [-0.3, -0.25) is 10.1 Å². The van der Waals surface area contributed by atoms with Crippen LogP contribution in [0.25, 0.3) is 0 Å². The summed E-state index contributed by atoms with van der Waals surface area (Å²) >= 11 is 13.8. The number of hydrogen-bond acceptors (Lipinski definition) is 5. The monoisotopic (exact) mass is 486 g/mol. The Kier molecular flexibility index (Phi) is 6.79. The van der Waals surface area contributed by atoms with Crippen molar-refractivity contribution in [2.45, 2.75) is 27.0 Å². The summed E-state index contributed by atoms with van der Waals surface area (Å²) in [7, 11) is 0. The smallest absolute Gasteiger partial charge is 0.268 e. The van der Waals surface area contributed by atoms with E-state index in [2.05, 4.69) is 15.4 Å². The zero-order valence-electron chi connectivity index (χ0n) is 17.4. The minimum atomic E-state index is -0.276. The number of rotatable bonds is 7. The van der Waals surface area contributed by atoms with Crippen molar-refractivity contribution in [3.63, 3.8) is 0 Å². The summed E-state index contributed by atoms with van der Waals surface area (Å²) in [6, 6.07) is 13.2. The molecular formula is C23H20Cl2N4O2S. The molecule has 1 amide bonds. The van der Waals surface area contributed by atoms with Crippen molar-refractivity contribution < 1.29 is 9.53 Å². The number of nitrogens with one attached hydrogen (secondary N) is 1. The average Bonchev–Trinajstić information content (AvgIpc) is 3.40. The second-order valence-corrected chi connectivity index (χ2v) is 8.97. The largest absolute Gasteiger partial charge is 0.488 e. The number of amides is 1. The number of carbonyl (C=O) groups excluding carboxylic acids is 1. The van der Waals surface area contributed by atoms with E-state index in [1.165, 1.54) is 17.7 Å². The zero-order valence-corrected chi connectivity index (χ0v) is 19.8. The normalized spacial score (nSPS) is 10.9.